The molecule has 1 aromatic carbocycles. The van der Waals surface area contributed by atoms with E-state index >= 15 is 0 Å². The fourth-order valence-electron chi connectivity index (χ4n) is 4.42. The molecule has 0 spiro atoms. The fraction of sp³-hybridized carbons (Fsp3) is 0.619. The Morgan fingerprint density at radius 3 is 2.44 bits per heavy atom. The van der Waals surface area contributed by atoms with Gasteiger partial charge in [0.1, 0.15) is 11.4 Å². The van der Waals surface area contributed by atoms with Crippen LogP contribution in [0.5, 0.6) is 0 Å². The molecular formula is C21H27Cl2NO3. The molecule has 1 aliphatic carbocycles. The Labute approximate surface area is 171 Å². The Bertz CT molecular complexity index is 731. The van der Waals surface area contributed by atoms with E-state index in [9.17, 15) is 9.59 Å². The van der Waals surface area contributed by atoms with Crippen molar-refractivity contribution in [3.8, 4) is 0 Å². The highest BCUT2D eigenvalue weighted by molar-refractivity contribution is 6.42. The lowest BCUT2D eigenvalue weighted by Crippen LogP contribution is -2.42. The molecule has 1 atom stereocenters. The van der Waals surface area contributed by atoms with Gasteiger partial charge in [-0.15, -0.1) is 0 Å². The summed E-state index contributed by atoms with van der Waals surface area (Å²) in [5.41, 5.74) is 0.465. The first-order valence-corrected chi connectivity index (χ1v) is 10.3. The minimum absolute atomic E-state index is 0.154. The van der Waals surface area contributed by atoms with Crippen molar-refractivity contribution in [2.75, 3.05) is 13.1 Å². The Morgan fingerprint density at radius 2 is 1.85 bits per heavy atom. The zero-order valence-corrected chi connectivity index (χ0v) is 17.7. The molecule has 27 heavy (non-hydrogen) atoms. The molecule has 1 heterocycles. The molecule has 1 saturated heterocycles. The highest BCUT2D eigenvalue weighted by Crippen LogP contribution is 2.48. The van der Waals surface area contributed by atoms with Crippen LogP contribution >= 0.6 is 23.2 Å². The van der Waals surface area contributed by atoms with Gasteiger partial charge in [-0.3, -0.25) is 4.79 Å². The number of hydrogen-bond donors (Lipinski definition) is 0. The second-order valence-corrected chi connectivity index (χ2v) is 9.55. The lowest BCUT2D eigenvalue weighted by molar-refractivity contribution is -0.121. The van der Waals surface area contributed by atoms with Crippen LogP contribution in [0.2, 0.25) is 10.0 Å². The third-order valence-corrected chi connectivity index (χ3v) is 6.55. The van der Waals surface area contributed by atoms with E-state index in [1.807, 2.05) is 39.0 Å². The Kier molecular flexibility index (Phi) is 5.79. The highest BCUT2D eigenvalue weighted by atomic mass is 35.5. The second kappa shape index (κ2) is 7.63. The third-order valence-electron chi connectivity index (χ3n) is 5.82. The number of carbonyl (C=O) groups is 2. The summed E-state index contributed by atoms with van der Waals surface area (Å²) in [7, 11) is 0. The van der Waals surface area contributed by atoms with Crippen LogP contribution in [-0.2, 0) is 14.9 Å². The standard InChI is InChI=1S/C21H27Cl2NO3/c1-20(2,3)27-19(26)24-11-8-15(13-24)21(9-6-16(25)7-10-21)14-4-5-17(22)18(23)12-14/h4-5,12,15H,6-11,13H2,1-3H3. The van der Waals surface area contributed by atoms with Gasteiger partial charge < -0.3 is 9.64 Å². The first kappa shape index (κ1) is 20.5. The van der Waals surface area contributed by atoms with Crippen LogP contribution in [0.25, 0.3) is 0 Å². The molecule has 2 fully saturated rings. The summed E-state index contributed by atoms with van der Waals surface area (Å²) in [4.78, 5) is 26.2. The van der Waals surface area contributed by atoms with Crippen molar-refractivity contribution in [3.63, 3.8) is 0 Å². The number of halogens is 2. The van der Waals surface area contributed by atoms with Crippen LogP contribution in [0.3, 0.4) is 0 Å². The molecule has 0 bridgehead atoms. The molecule has 4 nitrogen and oxygen atoms in total. The maximum Gasteiger partial charge on any atom is 0.410 e. The van der Waals surface area contributed by atoms with Gasteiger partial charge in [-0.1, -0.05) is 29.3 Å². The van der Waals surface area contributed by atoms with E-state index in [0.717, 1.165) is 24.8 Å². The SMILES string of the molecule is CC(C)(C)OC(=O)N1CCC(C2(c3ccc(Cl)c(Cl)c3)CCC(=O)CC2)C1. The summed E-state index contributed by atoms with van der Waals surface area (Å²) in [6.07, 6.45) is 3.36. The number of Topliss-reactive ketones (excluding diaryl/α,β-unsaturated/α-hetero) is 1. The molecule has 1 aliphatic heterocycles. The topological polar surface area (TPSA) is 46.6 Å². The largest absolute Gasteiger partial charge is 0.444 e. The number of benzene rings is 1. The monoisotopic (exact) mass is 411 g/mol. The summed E-state index contributed by atoms with van der Waals surface area (Å²) < 4.78 is 5.54. The fourth-order valence-corrected chi connectivity index (χ4v) is 4.72. The average Bonchev–Trinajstić information content (AvgIpc) is 3.08. The van der Waals surface area contributed by atoms with Gasteiger partial charge in [0.2, 0.25) is 0 Å². The van der Waals surface area contributed by atoms with Crippen LogP contribution in [0, 0.1) is 5.92 Å². The number of likely N-dealkylation sites (tertiary alicyclic amines) is 1. The summed E-state index contributed by atoms with van der Waals surface area (Å²) >= 11 is 12.4. The van der Waals surface area contributed by atoms with Crippen LogP contribution in [0.1, 0.15) is 58.4 Å². The lowest BCUT2D eigenvalue weighted by atomic mass is 9.61. The summed E-state index contributed by atoms with van der Waals surface area (Å²) in [6, 6.07) is 5.80. The van der Waals surface area contributed by atoms with Crippen molar-refractivity contribution in [2.24, 2.45) is 5.92 Å². The number of rotatable bonds is 2. The van der Waals surface area contributed by atoms with Crippen LogP contribution < -0.4 is 0 Å². The summed E-state index contributed by atoms with van der Waals surface area (Å²) in [5.74, 6) is 0.586. The molecule has 1 saturated carbocycles. The van der Waals surface area contributed by atoms with E-state index in [2.05, 4.69) is 0 Å². The van der Waals surface area contributed by atoms with E-state index in [-0.39, 0.29) is 17.4 Å². The summed E-state index contributed by atoms with van der Waals surface area (Å²) in [5, 5.41) is 1.07. The molecule has 1 amide bonds. The average molecular weight is 412 g/mol. The number of amides is 1. The Hall–Kier alpha value is -1.26. The van der Waals surface area contributed by atoms with Crippen molar-refractivity contribution in [1.82, 2.24) is 4.90 Å². The van der Waals surface area contributed by atoms with Crippen molar-refractivity contribution in [3.05, 3.63) is 33.8 Å². The van der Waals surface area contributed by atoms with Gasteiger partial charge >= 0.3 is 6.09 Å². The van der Waals surface area contributed by atoms with Crippen LogP contribution in [0.4, 0.5) is 4.79 Å². The van der Waals surface area contributed by atoms with Gasteiger partial charge in [0.15, 0.2) is 0 Å². The normalized spacial score (nSPS) is 22.8. The molecule has 2 aliphatic rings. The molecule has 0 N–H and O–H groups in total. The van der Waals surface area contributed by atoms with Crippen molar-refractivity contribution >= 4 is 35.1 Å². The molecule has 0 radical (unpaired) electrons. The third kappa shape index (κ3) is 4.43. The van der Waals surface area contributed by atoms with Crippen molar-refractivity contribution in [2.45, 2.75) is 63.9 Å². The number of ether oxygens (including phenoxy) is 1. The minimum atomic E-state index is -0.506. The molecule has 1 unspecified atom stereocenters. The molecular weight excluding hydrogens is 385 g/mol. The zero-order valence-electron chi connectivity index (χ0n) is 16.2. The van der Waals surface area contributed by atoms with E-state index in [1.54, 1.807) is 4.90 Å². The van der Waals surface area contributed by atoms with Crippen LogP contribution in [-0.4, -0.2) is 35.5 Å². The van der Waals surface area contributed by atoms with Gasteiger partial charge in [-0.25, -0.2) is 4.79 Å². The first-order chi connectivity index (χ1) is 12.6. The van der Waals surface area contributed by atoms with Crippen molar-refractivity contribution in [1.29, 1.82) is 0 Å². The smallest absolute Gasteiger partial charge is 0.410 e. The number of ketones is 1. The van der Waals surface area contributed by atoms with E-state index in [0.29, 0.717) is 41.8 Å². The minimum Gasteiger partial charge on any atom is -0.444 e. The number of nitrogens with zero attached hydrogens (tertiary/aromatic N) is 1. The first-order valence-electron chi connectivity index (χ1n) is 9.56. The maximum atomic E-state index is 12.5. The Morgan fingerprint density at radius 1 is 1.19 bits per heavy atom. The van der Waals surface area contributed by atoms with Gasteiger partial charge in [-0.05, 0) is 63.6 Å². The van der Waals surface area contributed by atoms with Crippen LogP contribution in [0.15, 0.2) is 18.2 Å². The number of carbonyl (C=O) groups excluding carboxylic acids is 2. The molecule has 1 aromatic rings. The van der Waals surface area contributed by atoms with E-state index in [4.69, 9.17) is 27.9 Å². The van der Waals surface area contributed by atoms with Gasteiger partial charge in [0.05, 0.1) is 10.0 Å². The second-order valence-electron chi connectivity index (χ2n) is 8.74. The Balaban J connectivity index is 1.85. The van der Waals surface area contributed by atoms with Gasteiger partial charge in [0, 0.05) is 31.3 Å². The number of hydrogen-bond acceptors (Lipinski definition) is 3. The molecule has 148 valence electrons. The maximum absolute atomic E-state index is 12.5. The van der Waals surface area contributed by atoms with Gasteiger partial charge in [0.25, 0.3) is 0 Å². The van der Waals surface area contributed by atoms with E-state index in [1.165, 1.54) is 0 Å². The highest BCUT2D eigenvalue weighted by Gasteiger charge is 2.46. The predicted molar refractivity (Wildman–Crippen MR) is 108 cm³/mol. The molecule has 0 aromatic heterocycles. The lowest BCUT2D eigenvalue weighted by Gasteiger charge is -2.42. The molecule has 6 heteroatoms. The summed E-state index contributed by atoms with van der Waals surface area (Å²) in [6.45, 7) is 6.95. The van der Waals surface area contributed by atoms with E-state index < -0.39 is 5.60 Å². The zero-order chi connectivity index (χ0) is 19.8. The molecule has 3 rings (SSSR count). The predicted octanol–water partition coefficient (Wildman–Crippen LogP) is 5.63. The van der Waals surface area contributed by atoms with Gasteiger partial charge in [-0.2, -0.15) is 0 Å². The van der Waals surface area contributed by atoms with Crippen molar-refractivity contribution < 1.29 is 14.3 Å². The quantitative estimate of drug-likeness (QED) is 0.632.